The normalized spacial score (nSPS) is 11.5. The van der Waals surface area contributed by atoms with Crippen LogP contribution in [0, 0.1) is 0 Å². The number of aromatic nitrogens is 2. The van der Waals surface area contributed by atoms with Crippen LogP contribution in [0.3, 0.4) is 0 Å². The van der Waals surface area contributed by atoms with Crippen molar-refractivity contribution in [2.45, 2.75) is 20.4 Å². The van der Waals surface area contributed by atoms with Gasteiger partial charge in [0.2, 0.25) is 0 Å². The number of nitrogens with zero attached hydrogens (tertiary/aromatic N) is 3. The summed E-state index contributed by atoms with van der Waals surface area (Å²) in [5.74, 6) is 0. The third kappa shape index (κ3) is 3.27. The molecular weight excluding hydrogens is 228 g/mol. The maximum Gasteiger partial charge on any atom is 0.135 e. The molecule has 0 spiro atoms. The molecule has 0 aliphatic carbocycles. The molecular formula is C13H20N4O. The average molecular weight is 248 g/mol. The predicted molar refractivity (Wildman–Crippen MR) is 71.3 cm³/mol. The lowest BCUT2D eigenvalue weighted by Crippen LogP contribution is -2.31. The SMILES string of the molecule is CCN(CC)CCNCc1ccc2nonc2c1. The average Bonchev–Trinajstić information content (AvgIpc) is 2.86. The predicted octanol–water partition coefficient (Wildman–Crippen LogP) is 1.65. The second kappa shape index (κ2) is 6.47. The molecule has 0 radical (unpaired) electrons. The van der Waals surface area contributed by atoms with Gasteiger partial charge < -0.3 is 10.2 Å². The van der Waals surface area contributed by atoms with Gasteiger partial charge in [0, 0.05) is 19.6 Å². The summed E-state index contributed by atoms with van der Waals surface area (Å²) in [6.07, 6.45) is 0. The Hall–Kier alpha value is -1.46. The fourth-order valence-corrected chi connectivity index (χ4v) is 1.95. The highest BCUT2D eigenvalue weighted by molar-refractivity contribution is 5.73. The first-order valence-electron chi connectivity index (χ1n) is 6.47. The van der Waals surface area contributed by atoms with Crippen molar-refractivity contribution in [2.75, 3.05) is 26.2 Å². The molecule has 0 saturated heterocycles. The Balaban J connectivity index is 1.79. The molecule has 1 aromatic carbocycles. The molecule has 1 N–H and O–H groups in total. The van der Waals surface area contributed by atoms with Gasteiger partial charge in [0.05, 0.1) is 0 Å². The van der Waals surface area contributed by atoms with E-state index in [1.54, 1.807) is 0 Å². The van der Waals surface area contributed by atoms with Gasteiger partial charge in [0.15, 0.2) is 0 Å². The summed E-state index contributed by atoms with van der Waals surface area (Å²) in [7, 11) is 0. The van der Waals surface area contributed by atoms with Crippen LogP contribution in [0.4, 0.5) is 0 Å². The molecule has 5 nitrogen and oxygen atoms in total. The Morgan fingerprint density at radius 2 is 1.94 bits per heavy atom. The molecule has 5 heteroatoms. The summed E-state index contributed by atoms with van der Waals surface area (Å²) in [4.78, 5) is 2.40. The smallest absolute Gasteiger partial charge is 0.135 e. The molecule has 2 aromatic rings. The van der Waals surface area contributed by atoms with Crippen LogP contribution in [0.25, 0.3) is 11.0 Å². The number of fused-ring (bicyclic) bond motifs is 1. The molecule has 0 fully saturated rings. The number of hydrogen-bond acceptors (Lipinski definition) is 5. The topological polar surface area (TPSA) is 54.2 Å². The third-order valence-corrected chi connectivity index (χ3v) is 3.15. The van der Waals surface area contributed by atoms with Crippen LogP contribution < -0.4 is 5.32 Å². The van der Waals surface area contributed by atoms with Crippen molar-refractivity contribution in [1.29, 1.82) is 0 Å². The summed E-state index contributed by atoms with van der Waals surface area (Å²) in [6, 6.07) is 6.00. The fourth-order valence-electron chi connectivity index (χ4n) is 1.95. The lowest BCUT2D eigenvalue weighted by Gasteiger charge is -2.17. The van der Waals surface area contributed by atoms with Crippen LogP contribution in [0.5, 0.6) is 0 Å². The largest absolute Gasteiger partial charge is 0.311 e. The molecule has 0 amide bonds. The molecule has 18 heavy (non-hydrogen) atoms. The number of rotatable bonds is 7. The van der Waals surface area contributed by atoms with Gasteiger partial charge in [-0.1, -0.05) is 19.9 Å². The first kappa shape index (κ1) is 13.0. The summed E-state index contributed by atoms with van der Waals surface area (Å²) >= 11 is 0. The van der Waals surface area contributed by atoms with E-state index in [0.29, 0.717) is 0 Å². The second-order valence-corrected chi connectivity index (χ2v) is 4.29. The molecule has 1 aromatic heterocycles. The molecule has 1 heterocycles. The molecule has 0 bridgehead atoms. The number of benzene rings is 1. The number of nitrogens with one attached hydrogen (secondary N) is 1. The van der Waals surface area contributed by atoms with E-state index in [0.717, 1.165) is 43.8 Å². The Labute approximate surface area is 107 Å². The van der Waals surface area contributed by atoms with E-state index in [1.807, 2.05) is 12.1 Å². The van der Waals surface area contributed by atoms with E-state index < -0.39 is 0 Å². The minimum atomic E-state index is 0.807. The maximum absolute atomic E-state index is 4.68. The lowest BCUT2D eigenvalue weighted by atomic mass is 10.2. The van der Waals surface area contributed by atoms with Gasteiger partial charge >= 0.3 is 0 Å². The van der Waals surface area contributed by atoms with Crippen LogP contribution in [0.15, 0.2) is 22.8 Å². The first-order chi connectivity index (χ1) is 8.83. The highest BCUT2D eigenvalue weighted by atomic mass is 16.6. The van der Waals surface area contributed by atoms with Gasteiger partial charge in [-0.25, -0.2) is 4.63 Å². The van der Waals surface area contributed by atoms with Crippen molar-refractivity contribution in [3.63, 3.8) is 0 Å². The minimum absolute atomic E-state index is 0.807. The van der Waals surface area contributed by atoms with Gasteiger partial charge in [-0.3, -0.25) is 0 Å². The standard InChI is InChI=1S/C13H20N4O/c1-3-17(4-2)8-7-14-10-11-5-6-12-13(9-11)16-18-15-12/h5-6,9,14H,3-4,7-8,10H2,1-2H3. The Kier molecular flexibility index (Phi) is 4.66. The number of hydrogen-bond donors (Lipinski definition) is 1. The van der Waals surface area contributed by atoms with Gasteiger partial charge in [-0.15, -0.1) is 0 Å². The summed E-state index contributed by atoms with van der Waals surface area (Å²) in [5, 5.41) is 11.1. The van der Waals surface area contributed by atoms with Crippen molar-refractivity contribution in [3.8, 4) is 0 Å². The lowest BCUT2D eigenvalue weighted by molar-refractivity contribution is 0.302. The van der Waals surface area contributed by atoms with Crippen molar-refractivity contribution in [1.82, 2.24) is 20.5 Å². The van der Waals surface area contributed by atoms with E-state index >= 15 is 0 Å². The van der Waals surface area contributed by atoms with Gasteiger partial charge in [0.1, 0.15) is 11.0 Å². The van der Waals surface area contributed by atoms with Crippen LogP contribution in [-0.4, -0.2) is 41.4 Å². The van der Waals surface area contributed by atoms with Crippen molar-refractivity contribution >= 4 is 11.0 Å². The zero-order chi connectivity index (χ0) is 12.8. The minimum Gasteiger partial charge on any atom is -0.311 e. The van der Waals surface area contributed by atoms with Crippen molar-refractivity contribution in [2.24, 2.45) is 0 Å². The van der Waals surface area contributed by atoms with Crippen LogP contribution >= 0.6 is 0 Å². The molecule has 98 valence electrons. The zero-order valence-electron chi connectivity index (χ0n) is 11.0. The Morgan fingerprint density at radius 3 is 2.72 bits per heavy atom. The molecule has 0 aliphatic heterocycles. The van der Waals surface area contributed by atoms with E-state index in [1.165, 1.54) is 5.56 Å². The van der Waals surface area contributed by atoms with Gasteiger partial charge in [0.25, 0.3) is 0 Å². The van der Waals surface area contributed by atoms with E-state index in [-0.39, 0.29) is 0 Å². The highest BCUT2D eigenvalue weighted by Crippen LogP contribution is 2.11. The molecule has 0 unspecified atom stereocenters. The number of likely N-dealkylation sites (N-methyl/N-ethyl adjacent to an activating group) is 1. The van der Waals surface area contributed by atoms with Crippen LogP contribution in [0.2, 0.25) is 0 Å². The Morgan fingerprint density at radius 1 is 1.17 bits per heavy atom. The maximum atomic E-state index is 4.68. The Bertz CT molecular complexity index is 479. The van der Waals surface area contributed by atoms with E-state index in [4.69, 9.17) is 0 Å². The van der Waals surface area contributed by atoms with Gasteiger partial charge in [-0.2, -0.15) is 0 Å². The highest BCUT2D eigenvalue weighted by Gasteiger charge is 2.02. The summed E-state index contributed by atoms with van der Waals surface area (Å²) < 4.78 is 4.68. The zero-order valence-corrected chi connectivity index (χ0v) is 11.0. The van der Waals surface area contributed by atoms with Crippen molar-refractivity contribution in [3.05, 3.63) is 23.8 Å². The van der Waals surface area contributed by atoms with E-state index in [9.17, 15) is 0 Å². The monoisotopic (exact) mass is 248 g/mol. The molecule has 0 saturated carbocycles. The van der Waals surface area contributed by atoms with Crippen molar-refractivity contribution < 1.29 is 4.63 Å². The quantitative estimate of drug-likeness (QED) is 0.755. The third-order valence-electron chi connectivity index (χ3n) is 3.15. The van der Waals surface area contributed by atoms with Crippen LogP contribution in [0.1, 0.15) is 19.4 Å². The van der Waals surface area contributed by atoms with Crippen LogP contribution in [-0.2, 0) is 6.54 Å². The first-order valence-corrected chi connectivity index (χ1v) is 6.47. The van der Waals surface area contributed by atoms with Gasteiger partial charge in [-0.05, 0) is 41.1 Å². The van der Waals surface area contributed by atoms with E-state index in [2.05, 4.69) is 45.1 Å². The fraction of sp³-hybridized carbons (Fsp3) is 0.538. The molecule has 0 atom stereocenters. The molecule has 2 rings (SSSR count). The second-order valence-electron chi connectivity index (χ2n) is 4.29. The molecule has 0 aliphatic rings. The summed E-state index contributed by atoms with van der Waals surface area (Å²) in [5.41, 5.74) is 2.83. The summed E-state index contributed by atoms with van der Waals surface area (Å²) in [6.45, 7) is 9.52.